The number of hydrogen-bond acceptors (Lipinski definition) is 7. The monoisotopic (exact) mass is 573 g/mol. The number of amides is 1. The van der Waals surface area contributed by atoms with Crippen LogP contribution in [0.3, 0.4) is 0 Å². The van der Waals surface area contributed by atoms with Gasteiger partial charge in [0.1, 0.15) is 22.0 Å². The Hall–Kier alpha value is -3.70. The molecule has 0 saturated heterocycles. The number of nitrogens with zero attached hydrogens (tertiary/aromatic N) is 2. The smallest absolute Gasteiger partial charge is 0.297 e. The van der Waals surface area contributed by atoms with Crippen LogP contribution in [0, 0.1) is 0 Å². The topological polar surface area (TPSA) is 138 Å². The van der Waals surface area contributed by atoms with Gasteiger partial charge in [-0.15, -0.1) is 10.2 Å². The van der Waals surface area contributed by atoms with E-state index >= 15 is 0 Å². The molecule has 0 heterocycles. The zero-order valence-electron chi connectivity index (χ0n) is 20.1. The van der Waals surface area contributed by atoms with Crippen LogP contribution in [-0.2, 0) is 16.5 Å². The molecule has 12 heteroatoms. The Morgan fingerprint density at radius 1 is 1.03 bits per heavy atom. The highest BCUT2D eigenvalue weighted by Crippen LogP contribution is 2.41. The number of fused-ring (bicyclic) bond motifs is 1. The number of carbonyl (C=O) groups is 1. The van der Waals surface area contributed by atoms with E-state index in [2.05, 4.69) is 15.5 Å². The lowest BCUT2D eigenvalue weighted by atomic mass is 10.0. The maximum atomic E-state index is 13.2. The summed E-state index contributed by atoms with van der Waals surface area (Å²) in [4.78, 5) is 12.7. The number of halogens is 2. The van der Waals surface area contributed by atoms with E-state index in [9.17, 15) is 22.9 Å². The molecule has 3 N–H and O–H groups in total. The van der Waals surface area contributed by atoms with Crippen molar-refractivity contribution in [2.45, 2.75) is 18.2 Å². The molecule has 4 aromatic rings. The summed E-state index contributed by atoms with van der Waals surface area (Å²) in [7, 11) is -3.22. The molecule has 196 valence electrons. The Bertz CT molecular complexity index is 1710. The third-order valence-electron chi connectivity index (χ3n) is 5.72. The molecule has 0 radical (unpaired) electrons. The van der Waals surface area contributed by atoms with Crippen molar-refractivity contribution in [3.05, 3.63) is 81.8 Å². The zero-order valence-corrected chi connectivity index (χ0v) is 22.4. The summed E-state index contributed by atoms with van der Waals surface area (Å²) in [6.45, 7) is 1.67. The average Bonchev–Trinajstić information content (AvgIpc) is 2.88. The molecule has 0 aliphatic carbocycles. The van der Waals surface area contributed by atoms with Crippen LogP contribution in [0.15, 0.2) is 75.8 Å². The first-order valence-corrected chi connectivity index (χ1v) is 13.3. The van der Waals surface area contributed by atoms with Gasteiger partial charge in [-0.2, -0.15) is 8.42 Å². The molecule has 0 aromatic heterocycles. The van der Waals surface area contributed by atoms with Crippen LogP contribution < -0.4 is 10.1 Å². The predicted molar refractivity (Wildman–Crippen MR) is 146 cm³/mol. The molecule has 1 amide bonds. The zero-order chi connectivity index (χ0) is 27.6. The van der Waals surface area contributed by atoms with Gasteiger partial charge in [0.2, 0.25) is 0 Å². The van der Waals surface area contributed by atoms with E-state index in [1.165, 1.54) is 31.4 Å². The Morgan fingerprint density at radius 2 is 1.76 bits per heavy atom. The summed E-state index contributed by atoms with van der Waals surface area (Å²) in [6, 6.07) is 15.7. The lowest BCUT2D eigenvalue weighted by Crippen LogP contribution is -2.12. The van der Waals surface area contributed by atoms with Crippen molar-refractivity contribution in [2.24, 2.45) is 10.2 Å². The largest absolute Gasteiger partial charge is 0.505 e. The molecule has 9 nitrogen and oxygen atoms in total. The van der Waals surface area contributed by atoms with Crippen molar-refractivity contribution in [3.8, 4) is 11.5 Å². The molecule has 0 spiro atoms. The van der Waals surface area contributed by atoms with E-state index in [1.54, 1.807) is 43.3 Å². The summed E-state index contributed by atoms with van der Waals surface area (Å²) >= 11 is 12.4. The van der Waals surface area contributed by atoms with Crippen LogP contribution in [0.2, 0.25) is 10.0 Å². The second-order valence-electron chi connectivity index (χ2n) is 8.05. The molecule has 0 aliphatic rings. The van der Waals surface area contributed by atoms with E-state index < -0.39 is 26.7 Å². The van der Waals surface area contributed by atoms with Gasteiger partial charge in [0.15, 0.2) is 5.75 Å². The number of phenols is 1. The predicted octanol–water partition coefficient (Wildman–Crippen LogP) is 7.34. The van der Waals surface area contributed by atoms with Crippen LogP contribution in [0.25, 0.3) is 10.8 Å². The summed E-state index contributed by atoms with van der Waals surface area (Å²) in [6.07, 6.45) is 0.203. The molecule has 0 bridgehead atoms. The molecule has 0 aliphatic heterocycles. The van der Waals surface area contributed by atoms with Crippen molar-refractivity contribution in [1.29, 1.82) is 0 Å². The molecule has 0 atom stereocenters. The first-order chi connectivity index (χ1) is 18.0. The minimum atomic E-state index is -4.71. The van der Waals surface area contributed by atoms with Crippen molar-refractivity contribution in [2.75, 3.05) is 12.4 Å². The van der Waals surface area contributed by atoms with E-state index in [4.69, 9.17) is 27.9 Å². The highest BCUT2D eigenvalue weighted by atomic mass is 35.5. The first kappa shape index (κ1) is 27.3. The molecule has 0 fully saturated rings. The lowest BCUT2D eigenvalue weighted by molar-refractivity contribution is 0.102. The molecule has 38 heavy (non-hydrogen) atoms. The number of hydrogen-bond donors (Lipinski definition) is 3. The van der Waals surface area contributed by atoms with Gasteiger partial charge in [0, 0.05) is 16.5 Å². The Balaban J connectivity index is 1.83. The minimum Gasteiger partial charge on any atom is -0.505 e. The Morgan fingerprint density at radius 3 is 2.42 bits per heavy atom. The second kappa shape index (κ2) is 11.0. The van der Waals surface area contributed by atoms with E-state index in [1.807, 2.05) is 0 Å². The minimum absolute atomic E-state index is 0.0802. The third-order valence-corrected chi connectivity index (χ3v) is 7.35. The quantitative estimate of drug-likeness (QED) is 0.156. The van der Waals surface area contributed by atoms with Crippen LogP contribution in [0.5, 0.6) is 11.5 Å². The van der Waals surface area contributed by atoms with Crippen molar-refractivity contribution in [1.82, 2.24) is 0 Å². The second-order valence-corrected chi connectivity index (χ2v) is 10.2. The molecule has 0 unspecified atom stereocenters. The van der Waals surface area contributed by atoms with Gasteiger partial charge >= 0.3 is 0 Å². The van der Waals surface area contributed by atoms with Gasteiger partial charge in [-0.05, 0) is 47.7 Å². The summed E-state index contributed by atoms with van der Waals surface area (Å²) in [5, 5.41) is 23.2. The number of anilines is 1. The van der Waals surface area contributed by atoms with Crippen molar-refractivity contribution in [3.63, 3.8) is 0 Å². The van der Waals surface area contributed by atoms with Crippen molar-refractivity contribution < 1.29 is 27.6 Å². The standard InChI is InChI=1S/C26H21Cl2N3O6S/c1-3-16-19(27)9-11-22(25(16)38(34,35)36)30-31-23-17-7-5-4-6-14(17)12-18(24(23)32)26(33)29-21-10-8-15(37-2)13-20(21)28/h4-13,32H,3H2,1-2H3,(H,29,33)(H,34,35,36). The first-order valence-electron chi connectivity index (χ1n) is 11.1. The van der Waals surface area contributed by atoms with E-state index in [-0.39, 0.29) is 39.0 Å². The Labute approximate surface area is 228 Å². The Kier molecular flexibility index (Phi) is 7.89. The lowest BCUT2D eigenvalue weighted by Gasteiger charge is -2.13. The van der Waals surface area contributed by atoms with Crippen LogP contribution >= 0.6 is 23.2 Å². The summed E-state index contributed by atoms with van der Waals surface area (Å²) < 4.78 is 39.2. The number of aromatic hydroxyl groups is 1. The average molecular weight is 574 g/mol. The molecule has 4 rings (SSSR count). The maximum Gasteiger partial charge on any atom is 0.297 e. The van der Waals surface area contributed by atoms with E-state index in [0.717, 1.165) is 0 Å². The van der Waals surface area contributed by atoms with Gasteiger partial charge in [0.25, 0.3) is 16.0 Å². The van der Waals surface area contributed by atoms with Crippen molar-refractivity contribution >= 4 is 67.1 Å². The van der Waals surface area contributed by atoms with Gasteiger partial charge in [0.05, 0.1) is 23.4 Å². The normalized spacial score (nSPS) is 11.7. The fourth-order valence-corrected chi connectivity index (χ4v) is 5.40. The number of rotatable bonds is 7. The fourth-order valence-electron chi connectivity index (χ4n) is 3.90. The highest BCUT2D eigenvalue weighted by Gasteiger charge is 2.23. The maximum absolute atomic E-state index is 13.2. The van der Waals surface area contributed by atoms with E-state index in [0.29, 0.717) is 22.2 Å². The summed E-state index contributed by atoms with van der Waals surface area (Å²) in [5.41, 5.74) is 0.0776. The molecular weight excluding hydrogens is 553 g/mol. The SMILES string of the molecule is CCc1c(Cl)ccc(N=Nc2c(O)c(C(=O)Nc3ccc(OC)cc3Cl)cc3ccccc23)c1S(=O)(=O)O. The number of benzene rings is 4. The van der Waals surface area contributed by atoms with Crippen LogP contribution in [0.4, 0.5) is 17.1 Å². The highest BCUT2D eigenvalue weighted by molar-refractivity contribution is 7.86. The van der Waals surface area contributed by atoms with Gasteiger partial charge in [-0.25, -0.2) is 0 Å². The van der Waals surface area contributed by atoms with Gasteiger partial charge in [-0.3, -0.25) is 9.35 Å². The van der Waals surface area contributed by atoms with Crippen LogP contribution in [0.1, 0.15) is 22.8 Å². The van der Waals surface area contributed by atoms with Gasteiger partial charge in [-0.1, -0.05) is 54.4 Å². The molecule has 0 saturated carbocycles. The molecule has 4 aromatic carbocycles. The number of azo groups is 1. The number of carbonyl (C=O) groups excluding carboxylic acids is 1. The van der Waals surface area contributed by atoms with Gasteiger partial charge < -0.3 is 15.2 Å². The molecular formula is C26H21Cl2N3O6S. The third kappa shape index (κ3) is 5.44. The number of phenolic OH excluding ortho intramolecular Hbond substituents is 1. The number of ether oxygens (including phenoxy) is 1. The number of methoxy groups -OCH3 is 1. The van der Waals surface area contributed by atoms with Crippen LogP contribution in [-0.4, -0.2) is 31.1 Å². The number of nitrogens with one attached hydrogen (secondary N) is 1. The fraction of sp³-hybridized carbons (Fsp3) is 0.115. The summed E-state index contributed by atoms with van der Waals surface area (Å²) in [5.74, 6) is -0.662.